The Balaban J connectivity index is 3.13. The fraction of sp³-hybridized carbons (Fsp3) is 0.333. The molecule has 0 saturated carbocycles. The lowest BCUT2D eigenvalue weighted by Gasteiger charge is -2.04. The van der Waals surface area contributed by atoms with Crippen LogP contribution in [0.3, 0.4) is 0 Å². The van der Waals surface area contributed by atoms with E-state index in [4.69, 9.17) is 0 Å². The van der Waals surface area contributed by atoms with Crippen molar-refractivity contribution in [3.63, 3.8) is 0 Å². The Hall–Kier alpha value is -0.350. The van der Waals surface area contributed by atoms with Gasteiger partial charge in [-0.2, -0.15) is 0 Å². The lowest BCUT2D eigenvalue weighted by atomic mass is 10.2. The monoisotopic (exact) mass is 259 g/mol. The molecule has 2 nitrogen and oxygen atoms in total. The zero-order valence-corrected chi connectivity index (χ0v) is 9.91. The molecule has 70 valence electrons. The molecule has 0 aromatic carbocycles. The number of carbonyl (C=O) groups excluding carboxylic acids is 1. The van der Waals surface area contributed by atoms with Crippen LogP contribution in [0.25, 0.3) is 0 Å². The molecule has 4 heteroatoms. The minimum Gasteiger partial charge on any atom is -0.293 e. The van der Waals surface area contributed by atoms with E-state index in [0.717, 1.165) is 10.7 Å². The first-order chi connectivity index (χ1) is 6.19. The van der Waals surface area contributed by atoms with Crippen molar-refractivity contribution in [2.24, 2.45) is 0 Å². The summed E-state index contributed by atoms with van der Waals surface area (Å²) >= 11 is 4.65. The Morgan fingerprint density at radius 1 is 1.62 bits per heavy atom. The Bertz CT molecular complexity index is 327. The molecule has 0 amide bonds. The number of halogens is 1. The number of aryl methyl sites for hydroxylation is 1. The molecule has 0 aliphatic carbocycles. The van der Waals surface area contributed by atoms with Gasteiger partial charge in [0.1, 0.15) is 5.03 Å². The molecule has 1 heterocycles. The van der Waals surface area contributed by atoms with Crippen molar-refractivity contribution < 1.29 is 4.79 Å². The molecule has 0 N–H and O–H groups in total. The van der Waals surface area contributed by atoms with Crippen molar-refractivity contribution in [1.82, 2.24) is 4.98 Å². The second-order valence-electron chi connectivity index (χ2n) is 2.57. The number of ketones is 1. The van der Waals surface area contributed by atoms with Gasteiger partial charge in [0.05, 0.1) is 10.9 Å². The molecule has 0 unspecified atom stereocenters. The molecule has 0 radical (unpaired) electrons. The third-order valence-electron chi connectivity index (χ3n) is 1.61. The molecule has 0 bridgehead atoms. The molecule has 0 atom stereocenters. The van der Waals surface area contributed by atoms with Gasteiger partial charge in [-0.15, -0.1) is 11.8 Å². The van der Waals surface area contributed by atoms with Crippen LogP contribution in [0.2, 0.25) is 0 Å². The predicted octanol–water partition coefficient (Wildman–Crippen LogP) is 2.69. The number of carbonyl (C=O) groups is 1. The number of nitrogens with zero attached hydrogens (tertiary/aromatic N) is 1. The van der Waals surface area contributed by atoms with Crippen LogP contribution in [0.15, 0.2) is 17.2 Å². The maximum Gasteiger partial charge on any atom is 0.176 e. The number of hydrogen-bond acceptors (Lipinski definition) is 3. The first-order valence-corrected chi connectivity index (χ1v) is 6.14. The summed E-state index contributed by atoms with van der Waals surface area (Å²) in [5.41, 5.74) is 1.64. The van der Waals surface area contributed by atoms with Gasteiger partial charge in [0.15, 0.2) is 5.78 Å². The molecule has 0 aliphatic rings. The van der Waals surface area contributed by atoms with Crippen molar-refractivity contribution in [1.29, 1.82) is 0 Å². The van der Waals surface area contributed by atoms with E-state index >= 15 is 0 Å². The molecule has 13 heavy (non-hydrogen) atoms. The molecule has 0 fully saturated rings. The number of Topliss-reactive ketones (excluding diaryl/α,β-unsaturated/α-hetero) is 1. The zero-order valence-electron chi connectivity index (χ0n) is 7.50. The minimum absolute atomic E-state index is 0.0804. The van der Waals surface area contributed by atoms with E-state index in [-0.39, 0.29) is 5.78 Å². The van der Waals surface area contributed by atoms with Crippen molar-refractivity contribution in [3.8, 4) is 0 Å². The highest BCUT2D eigenvalue weighted by molar-refractivity contribution is 9.09. The summed E-state index contributed by atoms with van der Waals surface area (Å²) in [7, 11) is 0. The van der Waals surface area contributed by atoms with Gasteiger partial charge in [-0.25, -0.2) is 4.98 Å². The number of hydrogen-bond donors (Lipinski definition) is 0. The van der Waals surface area contributed by atoms with E-state index in [9.17, 15) is 4.79 Å². The zero-order chi connectivity index (χ0) is 9.84. The molecule has 0 aliphatic heterocycles. The number of pyridine rings is 1. The quantitative estimate of drug-likeness (QED) is 0.475. The first kappa shape index (κ1) is 10.7. The first-order valence-electron chi connectivity index (χ1n) is 3.80. The summed E-state index contributed by atoms with van der Waals surface area (Å²) in [6.07, 6.45) is 1.92. The van der Waals surface area contributed by atoms with Gasteiger partial charge in [-0.1, -0.05) is 15.9 Å². The van der Waals surface area contributed by atoms with Gasteiger partial charge in [0, 0.05) is 5.69 Å². The Labute approximate surface area is 90.3 Å². The summed E-state index contributed by atoms with van der Waals surface area (Å²) in [6.45, 7) is 1.92. The summed E-state index contributed by atoms with van der Waals surface area (Å²) in [6, 6.07) is 3.69. The predicted molar refractivity (Wildman–Crippen MR) is 58.9 cm³/mol. The summed E-state index contributed by atoms with van der Waals surface area (Å²) in [5.74, 6) is 0.0804. The van der Waals surface area contributed by atoms with Crippen LogP contribution in [0.5, 0.6) is 0 Å². The molecule has 0 saturated heterocycles. The topological polar surface area (TPSA) is 30.0 Å². The fourth-order valence-electron chi connectivity index (χ4n) is 0.973. The van der Waals surface area contributed by atoms with E-state index in [2.05, 4.69) is 20.9 Å². The molecule has 1 aromatic heterocycles. The molecular weight excluding hydrogens is 250 g/mol. The van der Waals surface area contributed by atoms with Crippen LogP contribution < -0.4 is 0 Å². The van der Waals surface area contributed by atoms with E-state index < -0.39 is 0 Å². The number of alkyl halides is 1. The smallest absolute Gasteiger partial charge is 0.176 e. The molecule has 1 aromatic rings. The normalized spacial score (nSPS) is 10.1. The summed E-state index contributed by atoms with van der Waals surface area (Å²) < 4.78 is 0. The summed E-state index contributed by atoms with van der Waals surface area (Å²) in [5, 5.41) is 1.16. The van der Waals surface area contributed by atoms with Crippen LogP contribution in [-0.4, -0.2) is 22.4 Å². The van der Waals surface area contributed by atoms with Gasteiger partial charge in [0.2, 0.25) is 0 Å². The number of rotatable bonds is 3. The Morgan fingerprint density at radius 3 is 2.85 bits per heavy atom. The average molecular weight is 260 g/mol. The standard InChI is InChI=1S/C9H10BrNOS/c1-6-3-4-7(8(12)5-10)9(11-6)13-2/h3-4H,5H2,1-2H3. The van der Waals surface area contributed by atoms with Crippen LogP contribution in [0.4, 0.5) is 0 Å². The van der Waals surface area contributed by atoms with E-state index in [1.165, 1.54) is 11.8 Å². The van der Waals surface area contributed by atoms with Gasteiger partial charge < -0.3 is 0 Å². The van der Waals surface area contributed by atoms with E-state index in [0.29, 0.717) is 10.9 Å². The van der Waals surface area contributed by atoms with Crippen molar-refractivity contribution in [2.45, 2.75) is 11.9 Å². The Morgan fingerprint density at radius 2 is 2.31 bits per heavy atom. The van der Waals surface area contributed by atoms with Crippen molar-refractivity contribution in [3.05, 3.63) is 23.4 Å². The third kappa shape index (κ3) is 2.54. The fourth-order valence-corrected chi connectivity index (χ4v) is 1.91. The lowest BCUT2D eigenvalue weighted by Crippen LogP contribution is -2.03. The van der Waals surface area contributed by atoms with Crippen LogP contribution >= 0.6 is 27.7 Å². The number of thioether (sulfide) groups is 1. The van der Waals surface area contributed by atoms with Gasteiger partial charge in [0.25, 0.3) is 0 Å². The maximum absolute atomic E-state index is 11.4. The van der Waals surface area contributed by atoms with Crippen LogP contribution in [0, 0.1) is 6.92 Å². The minimum atomic E-state index is 0.0804. The Kier molecular flexibility index (Phi) is 3.93. The van der Waals surface area contributed by atoms with Crippen molar-refractivity contribution >= 4 is 33.5 Å². The molecule has 0 spiro atoms. The van der Waals surface area contributed by atoms with Gasteiger partial charge in [-0.05, 0) is 25.3 Å². The largest absolute Gasteiger partial charge is 0.293 e. The van der Waals surface area contributed by atoms with Gasteiger partial charge >= 0.3 is 0 Å². The second-order valence-corrected chi connectivity index (χ2v) is 3.92. The van der Waals surface area contributed by atoms with E-state index in [1.54, 1.807) is 0 Å². The lowest BCUT2D eigenvalue weighted by molar-refractivity contribution is 0.102. The van der Waals surface area contributed by atoms with Crippen LogP contribution in [0.1, 0.15) is 16.1 Å². The number of aromatic nitrogens is 1. The highest BCUT2D eigenvalue weighted by Gasteiger charge is 2.10. The summed E-state index contributed by atoms with van der Waals surface area (Å²) in [4.78, 5) is 15.7. The van der Waals surface area contributed by atoms with E-state index in [1.807, 2.05) is 25.3 Å². The highest BCUT2D eigenvalue weighted by Crippen LogP contribution is 2.19. The maximum atomic E-state index is 11.4. The molecular formula is C9H10BrNOS. The van der Waals surface area contributed by atoms with Gasteiger partial charge in [-0.3, -0.25) is 4.79 Å². The van der Waals surface area contributed by atoms with Crippen molar-refractivity contribution in [2.75, 3.05) is 11.6 Å². The molecule has 1 rings (SSSR count). The highest BCUT2D eigenvalue weighted by atomic mass is 79.9. The SMILES string of the molecule is CSc1nc(C)ccc1C(=O)CBr. The second kappa shape index (κ2) is 4.77. The average Bonchev–Trinajstić information content (AvgIpc) is 2.16. The third-order valence-corrected chi connectivity index (χ3v) is 2.82. The van der Waals surface area contributed by atoms with Crippen LogP contribution in [-0.2, 0) is 0 Å².